The molecule has 1 atom stereocenters. The highest BCUT2D eigenvalue weighted by molar-refractivity contribution is 7.86. The maximum atomic E-state index is 13.1. The summed E-state index contributed by atoms with van der Waals surface area (Å²) < 4.78 is 104. The molecule has 1 aliphatic heterocycles. The molecule has 0 aliphatic carbocycles. The van der Waals surface area contributed by atoms with Crippen LogP contribution in [-0.4, -0.2) is 25.9 Å². The second kappa shape index (κ2) is 8.88. The third-order valence-corrected chi connectivity index (χ3v) is 7.33. The van der Waals surface area contributed by atoms with Crippen molar-refractivity contribution < 1.29 is 39.1 Å². The highest BCUT2D eigenvalue weighted by Gasteiger charge is 2.33. The Bertz CT molecular complexity index is 1530. The van der Waals surface area contributed by atoms with Crippen molar-refractivity contribution >= 4 is 32.4 Å². The lowest BCUT2D eigenvalue weighted by Gasteiger charge is -2.15. The van der Waals surface area contributed by atoms with Gasteiger partial charge in [-0.2, -0.15) is 30.0 Å². The number of hydrogen-bond donors (Lipinski definition) is 3. The largest absolute Gasteiger partial charge is 0.416 e. The van der Waals surface area contributed by atoms with E-state index in [-0.39, 0.29) is 5.56 Å². The summed E-state index contributed by atoms with van der Waals surface area (Å²) in [4.78, 5) is -1.39. The third kappa shape index (κ3) is 5.46. The first-order valence-corrected chi connectivity index (χ1v) is 12.9. The van der Waals surface area contributed by atoms with E-state index in [4.69, 9.17) is 4.55 Å². The molecule has 3 N–H and O–H groups in total. The van der Waals surface area contributed by atoms with Gasteiger partial charge in [-0.3, -0.25) is 9.11 Å². The monoisotopic (exact) mass is 525 g/mol. The predicted molar refractivity (Wildman–Crippen MR) is 122 cm³/mol. The fourth-order valence-electron chi connectivity index (χ4n) is 3.84. The molecule has 0 amide bonds. The fourth-order valence-corrected chi connectivity index (χ4v) is 5.13. The number of fused-ring (bicyclic) bond motifs is 1. The van der Waals surface area contributed by atoms with Gasteiger partial charge in [0.2, 0.25) is 0 Å². The summed E-state index contributed by atoms with van der Waals surface area (Å²) in [6.07, 6.45) is -1.60. The minimum absolute atomic E-state index is 0.0185. The van der Waals surface area contributed by atoms with E-state index in [1.807, 2.05) is 0 Å². The van der Waals surface area contributed by atoms with Crippen LogP contribution in [0, 0.1) is 0 Å². The first-order chi connectivity index (χ1) is 16.2. The zero-order valence-electron chi connectivity index (χ0n) is 17.7. The zero-order valence-corrected chi connectivity index (χ0v) is 19.3. The van der Waals surface area contributed by atoms with Gasteiger partial charge in [-0.25, -0.2) is 0 Å². The van der Waals surface area contributed by atoms with Crippen LogP contribution in [-0.2, 0) is 33.0 Å². The van der Waals surface area contributed by atoms with E-state index < -0.39 is 47.8 Å². The Morgan fingerprint density at radius 1 is 0.857 bits per heavy atom. The quantitative estimate of drug-likeness (QED) is 0.330. The second-order valence-electron chi connectivity index (χ2n) is 7.88. The highest BCUT2D eigenvalue weighted by Crippen LogP contribution is 2.36. The lowest BCUT2D eigenvalue weighted by atomic mass is 9.95. The average Bonchev–Trinajstić information content (AvgIpc) is 3.19. The standard InChI is InChI=1S/C23H18F3NO6S2/c24-23(25,26)18-9-7-17-13-27-22(20(17)11-18)16-5-2-14(3-6-16)1-4-15-8-10-19(34(28,29)30)12-21(15)35(31,32)33/h1-12,22,27H,13H2,(H,28,29,30)(H,31,32,33). The molecule has 0 saturated heterocycles. The summed E-state index contributed by atoms with van der Waals surface area (Å²) in [7, 11) is -9.48. The van der Waals surface area contributed by atoms with Crippen LogP contribution in [0.1, 0.15) is 39.4 Å². The van der Waals surface area contributed by atoms with Crippen LogP contribution in [0.15, 0.2) is 70.5 Å². The molecular weight excluding hydrogens is 507 g/mol. The SMILES string of the molecule is O=S(=O)(O)c1ccc(C=Cc2ccc(C3NCc4ccc(C(F)(F)F)cc43)cc2)c(S(=O)(=O)O)c1. The fraction of sp³-hybridized carbons (Fsp3) is 0.130. The molecule has 3 aromatic carbocycles. The Hall–Kier alpha value is -3.03. The molecule has 3 aromatic rings. The number of nitrogens with one attached hydrogen (secondary N) is 1. The molecule has 0 fully saturated rings. The lowest BCUT2D eigenvalue weighted by molar-refractivity contribution is -0.137. The van der Waals surface area contributed by atoms with Gasteiger partial charge in [-0.1, -0.05) is 48.6 Å². The number of benzene rings is 3. The third-order valence-electron chi connectivity index (χ3n) is 5.57. The molecule has 1 aliphatic rings. The molecule has 1 heterocycles. The van der Waals surface area contributed by atoms with Gasteiger partial charge in [-0.05, 0) is 52.1 Å². The molecule has 0 spiro atoms. The van der Waals surface area contributed by atoms with Crippen molar-refractivity contribution in [2.75, 3.05) is 0 Å². The molecule has 0 bridgehead atoms. The molecular formula is C23H18F3NO6S2. The predicted octanol–water partition coefficient (Wildman–Crippen LogP) is 4.56. The van der Waals surface area contributed by atoms with Crippen LogP contribution in [0.4, 0.5) is 13.2 Å². The Morgan fingerprint density at radius 2 is 1.54 bits per heavy atom. The van der Waals surface area contributed by atoms with Crippen molar-refractivity contribution in [3.8, 4) is 0 Å². The smallest absolute Gasteiger partial charge is 0.302 e. The van der Waals surface area contributed by atoms with Gasteiger partial charge in [-0.15, -0.1) is 0 Å². The first kappa shape index (κ1) is 25.1. The summed E-state index contributed by atoms with van der Waals surface area (Å²) in [5, 5.41) is 3.19. The maximum absolute atomic E-state index is 13.1. The number of alkyl halides is 3. The van der Waals surface area contributed by atoms with Crippen molar-refractivity contribution in [3.63, 3.8) is 0 Å². The van der Waals surface area contributed by atoms with E-state index in [1.54, 1.807) is 24.3 Å². The molecule has 0 radical (unpaired) electrons. The van der Waals surface area contributed by atoms with Crippen LogP contribution in [0.5, 0.6) is 0 Å². The van der Waals surface area contributed by atoms with Crippen LogP contribution in [0.3, 0.4) is 0 Å². The summed E-state index contributed by atoms with van der Waals surface area (Å²) in [6.45, 7) is 0.428. The second-order valence-corrected chi connectivity index (χ2v) is 10.7. The Kier molecular flexibility index (Phi) is 6.36. The van der Waals surface area contributed by atoms with E-state index in [2.05, 4.69) is 5.32 Å². The van der Waals surface area contributed by atoms with Crippen molar-refractivity contribution in [1.82, 2.24) is 5.32 Å². The number of rotatable bonds is 5. The normalized spacial score (nSPS) is 16.5. The highest BCUT2D eigenvalue weighted by atomic mass is 32.2. The molecule has 35 heavy (non-hydrogen) atoms. The van der Waals surface area contributed by atoms with E-state index >= 15 is 0 Å². The van der Waals surface area contributed by atoms with Crippen LogP contribution >= 0.6 is 0 Å². The van der Waals surface area contributed by atoms with Crippen molar-refractivity contribution in [2.24, 2.45) is 0 Å². The topological polar surface area (TPSA) is 121 Å². The van der Waals surface area contributed by atoms with E-state index in [9.17, 15) is 34.6 Å². The summed E-state index contributed by atoms with van der Waals surface area (Å²) in [5.41, 5.74) is 1.92. The molecule has 184 valence electrons. The molecule has 4 rings (SSSR count). The first-order valence-electron chi connectivity index (χ1n) is 10.0. The van der Waals surface area contributed by atoms with Gasteiger partial charge in [0.1, 0.15) is 4.90 Å². The van der Waals surface area contributed by atoms with Crippen LogP contribution in [0.2, 0.25) is 0 Å². The minimum atomic E-state index is -4.80. The Labute approximate surface area is 199 Å². The number of halogens is 3. The van der Waals surface area contributed by atoms with Gasteiger partial charge in [0.25, 0.3) is 20.2 Å². The molecule has 0 aromatic heterocycles. The molecule has 0 saturated carbocycles. The summed E-state index contributed by atoms with van der Waals surface area (Å²) in [6, 6.07) is 12.8. The van der Waals surface area contributed by atoms with E-state index in [0.29, 0.717) is 23.7 Å². The Morgan fingerprint density at radius 3 is 2.14 bits per heavy atom. The van der Waals surface area contributed by atoms with Gasteiger partial charge >= 0.3 is 6.18 Å². The van der Waals surface area contributed by atoms with Crippen LogP contribution in [0.25, 0.3) is 12.2 Å². The van der Waals surface area contributed by atoms with E-state index in [1.165, 1.54) is 18.2 Å². The minimum Gasteiger partial charge on any atom is -0.302 e. The summed E-state index contributed by atoms with van der Waals surface area (Å²) in [5.74, 6) is 0. The number of hydrogen-bond acceptors (Lipinski definition) is 5. The van der Waals surface area contributed by atoms with Crippen molar-refractivity contribution in [3.05, 3.63) is 94.0 Å². The maximum Gasteiger partial charge on any atom is 0.416 e. The van der Waals surface area contributed by atoms with Gasteiger partial charge < -0.3 is 5.32 Å². The lowest BCUT2D eigenvalue weighted by Crippen LogP contribution is -2.13. The molecule has 7 nitrogen and oxygen atoms in total. The van der Waals surface area contributed by atoms with Crippen molar-refractivity contribution in [1.29, 1.82) is 0 Å². The van der Waals surface area contributed by atoms with Crippen LogP contribution < -0.4 is 5.32 Å². The molecule has 12 heteroatoms. The van der Waals surface area contributed by atoms with Gasteiger partial charge in [0, 0.05) is 6.54 Å². The van der Waals surface area contributed by atoms with Gasteiger partial charge in [0.15, 0.2) is 0 Å². The zero-order chi connectivity index (χ0) is 25.6. The Balaban J connectivity index is 1.61. The van der Waals surface area contributed by atoms with E-state index in [0.717, 1.165) is 35.4 Å². The average molecular weight is 526 g/mol. The summed E-state index contributed by atoms with van der Waals surface area (Å²) >= 11 is 0. The van der Waals surface area contributed by atoms with Gasteiger partial charge in [0.05, 0.1) is 16.5 Å². The molecule has 1 unspecified atom stereocenters. The van der Waals surface area contributed by atoms with Crippen molar-refractivity contribution in [2.45, 2.75) is 28.6 Å².